The van der Waals surface area contributed by atoms with Gasteiger partial charge in [-0.2, -0.15) is 0 Å². The van der Waals surface area contributed by atoms with Crippen LogP contribution in [-0.2, 0) is 9.53 Å². The Morgan fingerprint density at radius 2 is 2.14 bits per heavy atom. The summed E-state index contributed by atoms with van der Waals surface area (Å²) in [5, 5.41) is 8.91. The van der Waals surface area contributed by atoms with Crippen LogP contribution in [0.4, 0.5) is 0 Å². The van der Waals surface area contributed by atoms with E-state index in [4.69, 9.17) is 21.4 Å². The minimum Gasteiger partial charge on any atom is -0.478 e. The zero-order chi connectivity index (χ0) is 15.8. The maximum absolute atomic E-state index is 12.2. The Bertz CT molecular complexity index is 542. The molecule has 21 heavy (non-hydrogen) atoms. The molecule has 1 aromatic carbocycles. The third kappa shape index (κ3) is 5.57. The van der Waals surface area contributed by atoms with Gasteiger partial charge in [-0.25, -0.2) is 4.79 Å². The second kappa shape index (κ2) is 8.44. The highest BCUT2D eigenvalue weighted by atomic mass is 35.5. The fourth-order valence-electron chi connectivity index (χ4n) is 1.62. The number of carbonyl (C=O) groups excluding carboxylic acids is 1. The number of nitrogens with zero attached hydrogens (tertiary/aromatic N) is 1. The standard InChI is InChI=1S/C15H18ClNO4/c1-3-21-9-8-17(2)15(20)12-5-4-11(13(16)10-12)6-7-14(18)19/h4-7,10H,3,8-9H2,1-2H3,(H,18,19)/b7-6+. The molecule has 0 heterocycles. The smallest absolute Gasteiger partial charge is 0.328 e. The summed E-state index contributed by atoms with van der Waals surface area (Å²) in [5.74, 6) is -1.22. The third-order valence-corrected chi connectivity index (χ3v) is 3.10. The summed E-state index contributed by atoms with van der Waals surface area (Å²) in [4.78, 5) is 24.2. The van der Waals surface area contributed by atoms with Crippen LogP contribution >= 0.6 is 11.6 Å². The van der Waals surface area contributed by atoms with Crippen molar-refractivity contribution in [3.63, 3.8) is 0 Å². The third-order valence-electron chi connectivity index (χ3n) is 2.77. The minimum absolute atomic E-state index is 0.162. The van der Waals surface area contributed by atoms with E-state index < -0.39 is 5.97 Å². The molecule has 0 aliphatic carbocycles. The number of likely N-dealkylation sites (N-methyl/N-ethyl adjacent to an activating group) is 1. The van der Waals surface area contributed by atoms with Crippen LogP contribution in [0.2, 0.25) is 5.02 Å². The number of hydrogen-bond acceptors (Lipinski definition) is 3. The van der Waals surface area contributed by atoms with Crippen molar-refractivity contribution < 1.29 is 19.4 Å². The molecule has 114 valence electrons. The minimum atomic E-state index is -1.05. The van der Waals surface area contributed by atoms with Gasteiger partial charge in [0.15, 0.2) is 0 Å². The molecule has 0 atom stereocenters. The van der Waals surface area contributed by atoms with Crippen LogP contribution in [0.3, 0.4) is 0 Å². The Labute approximate surface area is 128 Å². The molecule has 0 saturated heterocycles. The van der Waals surface area contributed by atoms with E-state index in [1.807, 2.05) is 6.92 Å². The highest BCUT2D eigenvalue weighted by Crippen LogP contribution is 2.20. The number of rotatable bonds is 7. The van der Waals surface area contributed by atoms with Gasteiger partial charge >= 0.3 is 5.97 Å². The lowest BCUT2D eigenvalue weighted by Gasteiger charge is -2.17. The number of hydrogen-bond donors (Lipinski definition) is 1. The zero-order valence-electron chi connectivity index (χ0n) is 12.0. The van der Waals surface area contributed by atoms with Crippen LogP contribution in [0, 0.1) is 0 Å². The lowest BCUT2D eigenvalue weighted by Crippen LogP contribution is -2.30. The summed E-state index contributed by atoms with van der Waals surface area (Å²) < 4.78 is 5.20. The number of halogens is 1. The first-order chi connectivity index (χ1) is 9.95. The van der Waals surface area contributed by atoms with Crippen molar-refractivity contribution in [2.75, 3.05) is 26.8 Å². The van der Waals surface area contributed by atoms with Crippen LogP contribution in [-0.4, -0.2) is 48.7 Å². The number of amides is 1. The molecular formula is C15H18ClNO4. The van der Waals surface area contributed by atoms with E-state index in [1.165, 1.54) is 12.1 Å². The van der Waals surface area contributed by atoms with E-state index >= 15 is 0 Å². The van der Waals surface area contributed by atoms with Gasteiger partial charge in [0.25, 0.3) is 5.91 Å². The Morgan fingerprint density at radius 1 is 1.43 bits per heavy atom. The summed E-state index contributed by atoms with van der Waals surface area (Å²) in [6.07, 6.45) is 2.38. The molecule has 1 amide bonds. The number of aliphatic carboxylic acids is 1. The molecule has 0 unspecified atom stereocenters. The monoisotopic (exact) mass is 311 g/mol. The first-order valence-corrected chi connectivity index (χ1v) is 6.87. The Kier molecular flexibility index (Phi) is 6.91. The van der Waals surface area contributed by atoms with Gasteiger partial charge < -0.3 is 14.7 Å². The highest BCUT2D eigenvalue weighted by molar-refractivity contribution is 6.32. The van der Waals surface area contributed by atoms with E-state index in [2.05, 4.69) is 0 Å². The average molecular weight is 312 g/mol. The molecule has 0 spiro atoms. The van der Waals surface area contributed by atoms with E-state index in [1.54, 1.807) is 24.1 Å². The van der Waals surface area contributed by atoms with Gasteiger partial charge in [-0.05, 0) is 30.7 Å². The fourth-order valence-corrected chi connectivity index (χ4v) is 1.87. The molecule has 0 aliphatic rings. The number of carboxylic acids is 1. The lowest BCUT2D eigenvalue weighted by molar-refractivity contribution is -0.131. The SMILES string of the molecule is CCOCCN(C)C(=O)c1ccc(/C=C/C(=O)O)c(Cl)c1. The number of carboxylic acid groups (broad SMARTS) is 1. The maximum Gasteiger partial charge on any atom is 0.328 e. The quantitative estimate of drug-likeness (QED) is 0.621. The highest BCUT2D eigenvalue weighted by Gasteiger charge is 2.12. The van der Waals surface area contributed by atoms with Gasteiger partial charge in [-0.3, -0.25) is 4.79 Å². The van der Waals surface area contributed by atoms with Crippen molar-refractivity contribution in [1.29, 1.82) is 0 Å². The van der Waals surface area contributed by atoms with Gasteiger partial charge in [0.2, 0.25) is 0 Å². The molecule has 0 radical (unpaired) electrons. The average Bonchev–Trinajstić information content (AvgIpc) is 2.45. The van der Waals surface area contributed by atoms with E-state index in [-0.39, 0.29) is 5.91 Å². The predicted octanol–water partition coefficient (Wildman–Crippen LogP) is 2.55. The van der Waals surface area contributed by atoms with Gasteiger partial charge in [0.1, 0.15) is 0 Å². The van der Waals surface area contributed by atoms with Crippen molar-refractivity contribution >= 4 is 29.6 Å². The van der Waals surface area contributed by atoms with E-state index in [0.29, 0.717) is 35.9 Å². The molecule has 1 rings (SSSR count). The number of ether oxygens (including phenoxy) is 1. The van der Waals surface area contributed by atoms with Gasteiger partial charge in [0.05, 0.1) is 6.61 Å². The molecular weight excluding hydrogens is 294 g/mol. The number of carbonyl (C=O) groups is 2. The Morgan fingerprint density at radius 3 is 2.71 bits per heavy atom. The van der Waals surface area contributed by atoms with Crippen LogP contribution in [0.25, 0.3) is 6.08 Å². The largest absolute Gasteiger partial charge is 0.478 e. The zero-order valence-corrected chi connectivity index (χ0v) is 12.8. The molecule has 0 aromatic heterocycles. The van der Waals surface area contributed by atoms with Gasteiger partial charge in [-0.15, -0.1) is 0 Å². The van der Waals surface area contributed by atoms with E-state index in [9.17, 15) is 9.59 Å². The van der Waals surface area contributed by atoms with Crippen LogP contribution in [0.1, 0.15) is 22.8 Å². The topological polar surface area (TPSA) is 66.8 Å². The van der Waals surface area contributed by atoms with Gasteiger partial charge in [0, 0.05) is 36.9 Å². The first kappa shape index (κ1) is 17.2. The van der Waals surface area contributed by atoms with Gasteiger partial charge in [-0.1, -0.05) is 17.7 Å². The maximum atomic E-state index is 12.2. The van der Waals surface area contributed by atoms with Crippen molar-refractivity contribution in [1.82, 2.24) is 4.90 Å². The normalized spacial score (nSPS) is 10.8. The van der Waals surface area contributed by atoms with E-state index in [0.717, 1.165) is 6.08 Å². The van der Waals surface area contributed by atoms with Crippen LogP contribution < -0.4 is 0 Å². The predicted molar refractivity (Wildman–Crippen MR) is 81.6 cm³/mol. The summed E-state index contributed by atoms with van der Waals surface area (Å²) in [6.45, 7) is 3.47. The summed E-state index contributed by atoms with van der Waals surface area (Å²) >= 11 is 6.05. The number of benzene rings is 1. The molecule has 6 heteroatoms. The molecule has 1 aromatic rings. The first-order valence-electron chi connectivity index (χ1n) is 6.49. The van der Waals surface area contributed by atoms with Crippen molar-refractivity contribution in [2.45, 2.75) is 6.92 Å². The lowest BCUT2D eigenvalue weighted by atomic mass is 10.1. The Hall–Kier alpha value is -1.85. The summed E-state index contributed by atoms with van der Waals surface area (Å²) in [6, 6.07) is 4.76. The Balaban J connectivity index is 2.78. The molecule has 5 nitrogen and oxygen atoms in total. The van der Waals surface area contributed by atoms with Crippen molar-refractivity contribution in [3.8, 4) is 0 Å². The molecule has 0 saturated carbocycles. The molecule has 0 fully saturated rings. The molecule has 0 aliphatic heterocycles. The van der Waals surface area contributed by atoms with Crippen molar-refractivity contribution in [2.24, 2.45) is 0 Å². The summed E-state index contributed by atoms with van der Waals surface area (Å²) in [7, 11) is 1.69. The second-order valence-electron chi connectivity index (χ2n) is 4.33. The van der Waals surface area contributed by atoms with Crippen molar-refractivity contribution in [3.05, 3.63) is 40.4 Å². The molecule has 1 N–H and O–H groups in total. The van der Waals surface area contributed by atoms with Crippen LogP contribution in [0.15, 0.2) is 24.3 Å². The van der Waals surface area contributed by atoms with Crippen LogP contribution in [0.5, 0.6) is 0 Å². The fraction of sp³-hybridized carbons (Fsp3) is 0.333. The second-order valence-corrected chi connectivity index (χ2v) is 4.74. The summed E-state index contributed by atoms with van der Waals surface area (Å²) in [5.41, 5.74) is 0.999. The molecule has 0 bridgehead atoms.